The predicted molar refractivity (Wildman–Crippen MR) is 105 cm³/mol. The quantitative estimate of drug-likeness (QED) is 0.555. The van der Waals surface area contributed by atoms with Gasteiger partial charge in [0.15, 0.2) is 5.78 Å². The van der Waals surface area contributed by atoms with Crippen molar-refractivity contribution in [2.45, 2.75) is 64.3 Å². The number of methoxy groups -OCH3 is 1. The number of allylic oxidation sites excluding steroid dienone is 1. The summed E-state index contributed by atoms with van der Waals surface area (Å²) in [6.07, 6.45) is 2.76. The molecule has 6 heteroatoms. The van der Waals surface area contributed by atoms with Gasteiger partial charge in [-0.25, -0.2) is 0 Å². The number of carbonyl (C=O) groups excluding carboxylic acids is 1. The predicted octanol–water partition coefficient (Wildman–Crippen LogP) is 2.63. The number of hydrogen-bond donors (Lipinski definition) is 2. The highest BCUT2D eigenvalue weighted by Crippen LogP contribution is 2.74. The number of fused-ring (bicyclic) bond motifs is 5. The number of Topliss-reactive ketones (excluding diaryl/α,β-unsaturated/α-hetero) is 1. The van der Waals surface area contributed by atoms with Gasteiger partial charge in [-0.3, -0.25) is 4.79 Å². The second-order valence-corrected chi connectivity index (χ2v) is 10.7. The molecule has 0 radical (unpaired) electrons. The van der Waals surface area contributed by atoms with E-state index >= 15 is 0 Å². The third-order valence-corrected chi connectivity index (χ3v) is 9.36. The van der Waals surface area contributed by atoms with Crippen molar-refractivity contribution in [2.75, 3.05) is 7.11 Å². The molecule has 1 aromatic heterocycles. The molecule has 0 aliphatic heterocycles. The fourth-order valence-corrected chi connectivity index (χ4v) is 8.52. The van der Waals surface area contributed by atoms with Crippen LogP contribution in [0.15, 0.2) is 22.9 Å². The van der Waals surface area contributed by atoms with Gasteiger partial charge in [0, 0.05) is 24.0 Å². The molecule has 4 aliphatic rings. The molecule has 1 spiro atoms. The highest BCUT2D eigenvalue weighted by molar-refractivity contribution is 6.04. The van der Waals surface area contributed by atoms with Crippen LogP contribution in [0, 0.1) is 34.5 Å². The highest BCUT2D eigenvalue weighted by Gasteiger charge is 2.82. The Morgan fingerprint density at radius 3 is 2.66 bits per heavy atom. The van der Waals surface area contributed by atoms with Crippen molar-refractivity contribution in [2.24, 2.45) is 34.5 Å². The number of aromatic nitrogens is 1. The van der Waals surface area contributed by atoms with Crippen molar-refractivity contribution < 1.29 is 24.3 Å². The van der Waals surface area contributed by atoms with Gasteiger partial charge in [0.05, 0.1) is 11.6 Å². The first kappa shape index (κ1) is 19.5. The van der Waals surface area contributed by atoms with E-state index in [1.54, 1.807) is 6.20 Å². The molecule has 0 aromatic carbocycles. The lowest BCUT2D eigenvalue weighted by atomic mass is 9.37. The van der Waals surface area contributed by atoms with E-state index in [0.29, 0.717) is 12.0 Å². The zero-order chi connectivity index (χ0) is 21.1. The Morgan fingerprint density at radius 2 is 2.00 bits per heavy atom. The molecule has 0 unspecified atom stereocenters. The van der Waals surface area contributed by atoms with Crippen LogP contribution >= 0.6 is 0 Å². The van der Waals surface area contributed by atoms with Gasteiger partial charge in [-0.1, -0.05) is 39.4 Å². The van der Waals surface area contributed by atoms with E-state index in [1.165, 1.54) is 7.11 Å². The SMILES string of the molecule is C=C1C(=O)[C@]23[C@H](C)[C@H]1CC[C@H]2[C@]1(C)c2oncc2CC(C)(C)[C@H]1[C@H](O)[C@@]3(O)OC. The summed E-state index contributed by atoms with van der Waals surface area (Å²) in [6.45, 7) is 12.4. The fourth-order valence-electron chi connectivity index (χ4n) is 8.52. The minimum atomic E-state index is -1.98. The van der Waals surface area contributed by atoms with Gasteiger partial charge in [0.2, 0.25) is 5.79 Å². The number of rotatable bonds is 1. The van der Waals surface area contributed by atoms with Gasteiger partial charge in [0.25, 0.3) is 0 Å². The van der Waals surface area contributed by atoms with Crippen LogP contribution in [-0.2, 0) is 21.4 Å². The van der Waals surface area contributed by atoms with Crippen LogP contribution in [0.5, 0.6) is 0 Å². The number of ketones is 1. The Bertz CT molecular complexity index is 920. The van der Waals surface area contributed by atoms with E-state index in [1.807, 2.05) is 6.92 Å². The van der Waals surface area contributed by atoms with Gasteiger partial charge in [-0.05, 0) is 48.0 Å². The molecule has 1 heterocycles. The van der Waals surface area contributed by atoms with Crippen molar-refractivity contribution >= 4 is 5.78 Å². The molecule has 4 aliphatic carbocycles. The Kier molecular flexibility index (Phi) is 3.62. The van der Waals surface area contributed by atoms with Gasteiger partial charge < -0.3 is 19.5 Å². The molecule has 158 valence electrons. The molecule has 5 rings (SSSR count). The summed E-state index contributed by atoms with van der Waals surface area (Å²) in [5.74, 6) is -2.19. The summed E-state index contributed by atoms with van der Waals surface area (Å²) in [5.41, 5.74) is -0.684. The van der Waals surface area contributed by atoms with E-state index in [2.05, 4.69) is 32.5 Å². The largest absolute Gasteiger partial charge is 0.387 e. The summed E-state index contributed by atoms with van der Waals surface area (Å²) >= 11 is 0. The number of aliphatic hydroxyl groups is 2. The number of nitrogens with zero attached hydrogens (tertiary/aromatic N) is 1. The van der Waals surface area contributed by atoms with Gasteiger partial charge in [-0.2, -0.15) is 0 Å². The first-order valence-electron chi connectivity index (χ1n) is 10.6. The van der Waals surface area contributed by atoms with Crippen LogP contribution in [0.2, 0.25) is 0 Å². The molecule has 8 atom stereocenters. The number of hydrogen-bond acceptors (Lipinski definition) is 6. The number of aliphatic hydroxyl groups excluding tert-OH is 1. The van der Waals surface area contributed by atoms with E-state index in [0.717, 1.165) is 24.2 Å². The maximum Gasteiger partial charge on any atom is 0.205 e. The topological polar surface area (TPSA) is 92.8 Å². The molecular formula is C23H31NO5. The fraction of sp³-hybridized carbons (Fsp3) is 0.739. The lowest BCUT2D eigenvalue weighted by Crippen LogP contribution is -2.78. The standard InChI is InChI=1S/C23H31NO5/c1-11-14-7-8-15-21(5)16(20(3,4)9-13-10-24-29-19(13)21)18(26)23(27,28-6)22(15,12(14)2)17(11)25/h10,12,14-16,18,26-27H,1,7-9H2,2-6H3/t12-,14+,15+,16-,18+,21+,22+,23-/m1/s1. The van der Waals surface area contributed by atoms with E-state index < -0.39 is 22.7 Å². The van der Waals surface area contributed by atoms with Crippen molar-refractivity contribution in [3.05, 3.63) is 29.7 Å². The molecule has 6 nitrogen and oxygen atoms in total. The van der Waals surface area contributed by atoms with Crippen molar-refractivity contribution in [3.8, 4) is 0 Å². The van der Waals surface area contributed by atoms with E-state index in [-0.39, 0.29) is 34.9 Å². The van der Waals surface area contributed by atoms with Crippen molar-refractivity contribution in [1.82, 2.24) is 5.16 Å². The zero-order valence-electron chi connectivity index (χ0n) is 17.9. The summed E-state index contributed by atoms with van der Waals surface area (Å²) in [6, 6.07) is 0. The number of ether oxygens (including phenoxy) is 1. The number of carbonyl (C=O) groups is 1. The van der Waals surface area contributed by atoms with Crippen LogP contribution in [0.3, 0.4) is 0 Å². The van der Waals surface area contributed by atoms with Crippen LogP contribution in [0.4, 0.5) is 0 Å². The van der Waals surface area contributed by atoms with E-state index in [9.17, 15) is 15.0 Å². The summed E-state index contributed by atoms with van der Waals surface area (Å²) in [4.78, 5) is 13.8. The molecule has 2 bridgehead atoms. The first-order chi connectivity index (χ1) is 13.5. The summed E-state index contributed by atoms with van der Waals surface area (Å²) < 4.78 is 11.5. The Hall–Kier alpha value is -1.50. The molecule has 29 heavy (non-hydrogen) atoms. The lowest BCUT2D eigenvalue weighted by molar-refractivity contribution is -0.371. The Balaban J connectivity index is 1.87. The molecule has 1 aromatic rings. The van der Waals surface area contributed by atoms with Crippen LogP contribution in [0.1, 0.15) is 51.9 Å². The average Bonchev–Trinajstić information content (AvgIpc) is 3.15. The Morgan fingerprint density at radius 1 is 1.31 bits per heavy atom. The summed E-state index contributed by atoms with van der Waals surface area (Å²) in [5, 5.41) is 27.8. The van der Waals surface area contributed by atoms with Crippen molar-refractivity contribution in [3.63, 3.8) is 0 Å². The van der Waals surface area contributed by atoms with Crippen LogP contribution in [0.25, 0.3) is 0 Å². The monoisotopic (exact) mass is 401 g/mol. The maximum atomic E-state index is 13.8. The third kappa shape index (κ3) is 1.78. The van der Waals surface area contributed by atoms with Gasteiger partial charge in [-0.15, -0.1) is 0 Å². The van der Waals surface area contributed by atoms with Gasteiger partial charge >= 0.3 is 0 Å². The molecule has 3 saturated carbocycles. The molecule has 0 saturated heterocycles. The minimum Gasteiger partial charge on any atom is -0.387 e. The smallest absolute Gasteiger partial charge is 0.205 e. The molecule has 3 fully saturated rings. The van der Waals surface area contributed by atoms with Gasteiger partial charge in [0.1, 0.15) is 11.9 Å². The average molecular weight is 402 g/mol. The lowest BCUT2D eigenvalue weighted by Gasteiger charge is -2.68. The third-order valence-electron chi connectivity index (χ3n) is 9.36. The van der Waals surface area contributed by atoms with E-state index in [4.69, 9.17) is 9.26 Å². The zero-order valence-corrected chi connectivity index (χ0v) is 17.9. The van der Waals surface area contributed by atoms with Crippen molar-refractivity contribution in [1.29, 1.82) is 0 Å². The second-order valence-electron chi connectivity index (χ2n) is 10.7. The molecule has 2 N–H and O–H groups in total. The minimum absolute atomic E-state index is 0.00132. The normalized spacial score (nSPS) is 50.1. The molecule has 0 amide bonds. The highest BCUT2D eigenvalue weighted by atomic mass is 16.6. The van der Waals surface area contributed by atoms with Crippen LogP contribution < -0.4 is 0 Å². The Labute approximate surface area is 171 Å². The maximum absolute atomic E-state index is 13.8. The first-order valence-corrected chi connectivity index (χ1v) is 10.6. The summed E-state index contributed by atoms with van der Waals surface area (Å²) in [7, 11) is 1.40. The second kappa shape index (κ2) is 5.40. The molecular weight excluding hydrogens is 370 g/mol. The van der Waals surface area contributed by atoms with Crippen LogP contribution in [-0.4, -0.2) is 40.2 Å².